The maximum atomic E-state index is 12.5. The third-order valence-corrected chi connectivity index (χ3v) is 4.05. The predicted octanol–water partition coefficient (Wildman–Crippen LogP) is 5.25. The van der Waals surface area contributed by atoms with Crippen molar-refractivity contribution in [3.8, 4) is 11.5 Å². The van der Waals surface area contributed by atoms with Crippen LogP contribution in [0.5, 0.6) is 11.5 Å². The predicted molar refractivity (Wildman–Crippen MR) is 98.5 cm³/mol. The van der Waals surface area contributed by atoms with E-state index in [1.807, 2.05) is 18.2 Å². The molecule has 8 heteroatoms. The van der Waals surface area contributed by atoms with Gasteiger partial charge in [0.1, 0.15) is 18.1 Å². The number of rotatable bonds is 7. The summed E-state index contributed by atoms with van der Waals surface area (Å²) in [6.07, 6.45) is -3.36. The van der Waals surface area contributed by atoms with Crippen LogP contribution >= 0.6 is 0 Å². The highest BCUT2D eigenvalue weighted by molar-refractivity contribution is 5.93. The maximum absolute atomic E-state index is 12.5. The first-order valence-corrected chi connectivity index (χ1v) is 8.72. The van der Waals surface area contributed by atoms with Crippen LogP contribution in [0.25, 0.3) is 0 Å². The van der Waals surface area contributed by atoms with Crippen molar-refractivity contribution in [2.24, 2.45) is 0 Å². The standard InChI is InChI=1S/C21H18F3NO4/c1-14(15-7-9-18(10-8-15)29-21(22,23)24)25-20(26)19-16(11-12-27-19)13-28-17-5-3-2-4-6-17/h2-12,14H,13H2,1H3,(H,25,26). The Kier molecular flexibility index (Phi) is 6.11. The molecule has 0 radical (unpaired) electrons. The van der Waals surface area contributed by atoms with Gasteiger partial charge in [0.15, 0.2) is 5.76 Å². The number of ether oxygens (including phenoxy) is 2. The van der Waals surface area contributed by atoms with Gasteiger partial charge < -0.3 is 19.2 Å². The normalized spacial score (nSPS) is 12.3. The molecule has 1 atom stereocenters. The average Bonchev–Trinajstić information content (AvgIpc) is 3.15. The second-order valence-corrected chi connectivity index (χ2v) is 6.19. The molecule has 1 unspecified atom stereocenters. The third kappa shape index (κ3) is 5.78. The van der Waals surface area contributed by atoms with E-state index in [0.717, 1.165) is 0 Å². The van der Waals surface area contributed by atoms with E-state index in [2.05, 4.69) is 10.1 Å². The molecule has 1 aromatic heterocycles. The van der Waals surface area contributed by atoms with Gasteiger partial charge >= 0.3 is 6.36 Å². The molecule has 3 aromatic rings. The Morgan fingerprint density at radius 3 is 2.38 bits per heavy atom. The van der Waals surface area contributed by atoms with E-state index in [0.29, 0.717) is 16.9 Å². The number of furan rings is 1. The van der Waals surface area contributed by atoms with Gasteiger partial charge in [-0.2, -0.15) is 0 Å². The van der Waals surface area contributed by atoms with E-state index in [9.17, 15) is 18.0 Å². The number of amides is 1. The molecule has 152 valence electrons. The van der Waals surface area contributed by atoms with Crippen LogP contribution in [0.15, 0.2) is 71.3 Å². The van der Waals surface area contributed by atoms with Crippen LogP contribution < -0.4 is 14.8 Å². The summed E-state index contributed by atoms with van der Waals surface area (Å²) < 4.78 is 51.5. The van der Waals surface area contributed by atoms with E-state index >= 15 is 0 Å². The summed E-state index contributed by atoms with van der Waals surface area (Å²) in [5, 5.41) is 2.75. The Morgan fingerprint density at radius 2 is 1.72 bits per heavy atom. The number of nitrogens with one attached hydrogen (secondary N) is 1. The average molecular weight is 405 g/mol. The van der Waals surface area contributed by atoms with Gasteiger partial charge in [-0.1, -0.05) is 30.3 Å². The van der Waals surface area contributed by atoms with Crippen LogP contribution in [0.2, 0.25) is 0 Å². The Bertz CT molecular complexity index is 937. The zero-order valence-electron chi connectivity index (χ0n) is 15.4. The Hall–Kier alpha value is -3.42. The molecule has 3 rings (SSSR count). The van der Waals surface area contributed by atoms with Crippen molar-refractivity contribution in [2.45, 2.75) is 25.9 Å². The van der Waals surface area contributed by atoms with E-state index in [1.165, 1.54) is 30.5 Å². The number of alkyl halides is 3. The van der Waals surface area contributed by atoms with Crippen molar-refractivity contribution < 1.29 is 31.9 Å². The highest BCUT2D eigenvalue weighted by Crippen LogP contribution is 2.25. The molecule has 0 bridgehead atoms. The molecular formula is C21H18F3NO4. The second kappa shape index (κ2) is 8.72. The fourth-order valence-corrected chi connectivity index (χ4v) is 2.63. The number of carbonyl (C=O) groups is 1. The SMILES string of the molecule is CC(NC(=O)c1occc1COc1ccccc1)c1ccc(OC(F)(F)F)cc1. The van der Waals surface area contributed by atoms with E-state index in [-0.39, 0.29) is 18.1 Å². The largest absolute Gasteiger partial charge is 0.573 e. The monoisotopic (exact) mass is 405 g/mol. The summed E-state index contributed by atoms with van der Waals surface area (Å²) in [5.74, 6) is -0.00432. The molecule has 0 saturated carbocycles. The number of hydrogen-bond acceptors (Lipinski definition) is 4. The van der Waals surface area contributed by atoms with E-state index in [1.54, 1.807) is 25.1 Å². The summed E-state index contributed by atoms with van der Waals surface area (Å²) in [4.78, 5) is 12.5. The van der Waals surface area contributed by atoms with Crippen LogP contribution in [-0.2, 0) is 6.61 Å². The van der Waals surface area contributed by atoms with Crippen LogP contribution in [-0.4, -0.2) is 12.3 Å². The molecule has 0 spiro atoms. The number of benzene rings is 2. The Balaban J connectivity index is 1.61. The number of halogens is 3. The summed E-state index contributed by atoms with van der Waals surface area (Å²) >= 11 is 0. The van der Waals surface area contributed by atoms with Crippen molar-refractivity contribution >= 4 is 5.91 Å². The summed E-state index contributed by atoms with van der Waals surface area (Å²) in [6.45, 7) is 1.86. The second-order valence-electron chi connectivity index (χ2n) is 6.19. The lowest BCUT2D eigenvalue weighted by atomic mass is 10.1. The maximum Gasteiger partial charge on any atom is 0.573 e. The minimum Gasteiger partial charge on any atom is -0.489 e. The fourth-order valence-electron chi connectivity index (χ4n) is 2.63. The van der Waals surface area contributed by atoms with Crippen LogP contribution in [0.4, 0.5) is 13.2 Å². The molecule has 0 aliphatic heterocycles. The number of carbonyl (C=O) groups excluding carboxylic acids is 1. The topological polar surface area (TPSA) is 60.7 Å². The van der Waals surface area contributed by atoms with Crippen LogP contribution in [0.3, 0.4) is 0 Å². The molecule has 5 nitrogen and oxygen atoms in total. The molecule has 29 heavy (non-hydrogen) atoms. The van der Waals surface area contributed by atoms with Gasteiger partial charge in [-0.3, -0.25) is 4.79 Å². The molecule has 0 fully saturated rings. The van der Waals surface area contributed by atoms with Gasteiger partial charge in [0, 0.05) is 5.56 Å². The minimum atomic E-state index is -4.75. The highest BCUT2D eigenvalue weighted by atomic mass is 19.4. The first kappa shape index (κ1) is 20.3. The van der Waals surface area contributed by atoms with E-state index < -0.39 is 18.3 Å². The molecule has 1 heterocycles. The first-order valence-electron chi connectivity index (χ1n) is 8.72. The highest BCUT2D eigenvalue weighted by Gasteiger charge is 2.31. The molecule has 0 aliphatic rings. The van der Waals surface area contributed by atoms with Crippen molar-refractivity contribution in [1.82, 2.24) is 5.32 Å². The Morgan fingerprint density at radius 1 is 1.03 bits per heavy atom. The lowest BCUT2D eigenvalue weighted by molar-refractivity contribution is -0.274. The molecular weight excluding hydrogens is 387 g/mol. The van der Waals surface area contributed by atoms with Crippen molar-refractivity contribution in [1.29, 1.82) is 0 Å². The zero-order chi connectivity index (χ0) is 20.9. The van der Waals surface area contributed by atoms with Gasteiger partial charge in [0.2, 0.25) is 0 Å². The summed E-state index contributed by atoms with van der Waals surface area (Å²) in [7, 11) is 0. The van der Waals surface area contributed by atoms with Crippen molar-refractivity contribution in [2.75, 3.05) is 0 Å². The van der Waals surface area contributed by atoms with Crippen molar-refractivity contribution in [3.63, 3.8) is 0 Å². The van der Waals surface area contributed by atoms with Gasteiger partial charge in [-0.05, 0) is 42.8 Å². The zero-order valence-corrected chi connectivity index (χ0v) is 15.4. The summed E-state index contributed by atoms with van der Waals surface area (Å²) in [6, 6.07) is 15.6. The van der Waals surface area contributed by atoms with Gasteiger partial charge in [0.05, 0.1) is 12.3 Å². The molecule has 1 N–H and O–H groups in total. The molecule has 0 saturated heterocycles. The quantitative estimate of drug-likeness (QED) is 0.583. The molecule has 1 amide bonds. The first-order chi connectivity index (χ1) is 13.8. The van der Waals surface area contributed by atoms with E-state index in [4.69, 9.17) is 9.15 Å². The molecule has 0 aliphatic carbocycles. The third-order valence-electron chi connectivity index (χ3n) is 4.05. The Labute approximate surface area is 165 Å². The number of hydrogen-bond donors (Lipinski definition) is 1. The fraction of sp³-hybridized carbons (Fsp3) is 0.190. The number of para-hydroxylation sites is 1. The lowest BCUT2D eigenvalue weighted by Gasteiger charge is -2.15. The minimum absolute atomic E-state index is 0.116. The smallest absolute Gasteiger partial charge is 0.489 e. The van der Waals surface area contributed by atoms with Gasteiger partial charge in [-0.25, -0.2) is 0 Å². The molecule has 2 aromatic carbocycles. The van der Waals surface area contributed by atoms with Crippen molar-refractivity contribution in [3.05, 3.63) is 83.8 Å². The van der Waals surface area contributed by atoms with Crippen LogP contribution in [0, 0.1) is 0 Å². The van der Waals surface area contributed by atoms with Gasteiger partial charge in [0.25, 0.3) is 5.91 Å². The van der Waals surface area contributed by atoms with Crippen LogP contribution in [0.1, 0.15) is 34.6 Å². The lowest BCUT2D eigenvalue weighted by Crippen LogP contribution is -2.27. The van der Waals surface area contributed by atoms with Gasteiger partial charge in [-0.15, -0.1) is 13.2 Å². The summed E-state index contributed by atoms with van der Waals surface area (Å²) in [5.41, 5.74) is 1.19.